The second kappa shape index (κ2) is 7.98. The number of unbranched alkanes of at least 4 members (excludes halogenated alkanes) is 3. The van der Waals surface area contributed by atoms with E-state index in [-0.39, 0.29) is 5.97 Å². The second-order valence-electron chi connectivity index (χ2n) is 2.38. The molecule has 0 unspecified atom stereocenters. The zero-order chi connectivity index (χ0) is 9.23. The zero-order valence-electron chi connectivity index (χ0n) is 7.29. The molecule has 0 aromatic heterocycles. The number of ether oxygens (including phenoxy) is 1. The molecule has 0 aliphatic heterocycles. The number of allylic oxidation sites excluding steroid dienone is 1. The summed E-state index contributed by atoms with van der Waals surface area (Å²) < 4.78 is 4.40. The summed E-state index contributed by atoms with van der Waals surface area (Å²) in [6.07, 6.45) is 7.32. The number of hydrogen-bond donors (Lipinski definition) is 0. The van der Waals surface area contributed by atoms with E-state index in [9.17, 15) is 9.59 Å². The SMILES string of the molecule is COC(=O)/C=C\CCCCC=O. The first-order valence-corrected chi connectivity index (χ1v) is 3.99. The van der Waals surface area contributed by atoms with Crippen LogP contribution in [0.4, 0.5) is 0 Å². The molecule has 12 heavy (non-hydrogen) atoms. The Hall–Kier alpha value is -1.12. The van der Waals surface area contributed by atoms with Gasteiger partial charge in [-0.3, -0.25) is 0 Å². The molecule has 0 atom stereocenters. The highest BCUT2D eigenvalue weighted by molar-refractivity contribution is 5.81. The van der Waals surface area contributed by atoms with Gasteiger partial charge in [0, 0.05) is 12.5 Å². The first-order valence-electron chi connectivity index (χ1n) is 3.99. The zero-order valence-corrected chi connectivity index (χ0v) is 7.29. The minimum absolute atomic E-state index is 0.328. The van der Waals surface area contributed by atoms with Gasteiger partial charge in [-0.2, -0.15) is 0 Å². The summed E-state index contributed by atoms with van der Waals surface area (Å²) in [5.41, 5.74) is 0. The maximum absolute atomic E-state index is 10.5. The van der Waals surface area contributed by atoms with Crippen LogP contribution in [0.1, 0.15) is 25.7 Å². The van der Waals surface area contributed by atoms with Crippen LogP contribution in [0.3, 0.4) is 0 Å². The molecule has 0 saturated heterocycles. The molecular weight excluding hydrogens is 156 g/mol. The summed E-state index contributed by atoms with van der Waals surface area (Å²) in [5, 5.41) is 0. The van der Waals surface area contributed by atoms with Crippen molar-refractivity contribution in [3.8, 4) is 0 Å². The van der Waals surface area contributed by atoms with Crippen molar-refractivity contribution in [3.63, 3.8) is 0 Å². The molecule has 68 valence electrons. The van der Waals surface area contributed by atoms with Crippen molar-refractivity contribution >= 4 is 12.3 Å². The van der Waals surface area contributed by atoms with Gasteiger partial charge in [0.05, 0.1) is 7.11 Å². The number of carbonyl (C=O) groups is 2. The molecule has 0 aliphatic carbocycles. The monoisotopic (exact) mass is 170 g/mol. The number of aldehydes is 1. The van der Waals surface area contributed by atoms with E-state index in [1.165, 1.54) is 13.2 Å². The van der Waals surface area contributed by atoms with Crippen molar-refractivity contribution in [3.05, 3.63) is 12.2 Å². The highest BCUT2D eigenvalue weighted by Gasteiger charge is 1.89. The topological polar surface area (TPSA) is 43.4 Å². The van der Waals surface area contributed by atoms with E-state index in [4.69, 9.17) is 0 Å². The fraction of sp³-hybridized carbons (Fsp3) is 0.556. The Kier molecular flexibility index (Phi) is 7.24. The van der Waals surface area contributed by atoms with Gasteiger partial charge in [-0.1, -0.05) is 6.08 Å². The standard InChI is InChI=1S/C9H14O3/c1-12-9(11)7-5-3-2-4-6-8-10/h5,7-8H,2-4,6H2,1H3/b7-5-. The third-order valence-corrected chi connectivity index (χ3v) is 1.40. The van der Waals surface area contributed by atoms with Crippen LogP contribution in [0, 0.1) is 0 Å². The van der Waals surface area contributed by atoms with Gasteiger partial charge in [-0.05, 0) is 19.3 Å². The van der Waals surface area contributed by atoms with Gasteiger partial charge in [0.1, 0.15) is 6.29 Å². The molecule has 0 fully saturated rings. The summed E-state index contributed by atoms with van der Waals surface area (Å²) in [6, 6.07) is 0. The summed E-state index contributed by atoms with van der Waals surface area (Å²) in [7, 11) is 1.35. The van der Waals surface area contributed by atoms with Gasteiger partial charge in [0.25, 0.3) is 0 Å². The Morgan fingerprint density at radius 1 is 1.33 bits per heavy atom. The lowest BCUT2D eigenvalue weighted by Crippen LogP contribution is -1.93. The molecule has 3 heteroatoms. The van der Waals surface area contributed by atoms with Gasteiger partial charge in [-0.15, -0.1) is 0 Å². The van der Waals surface area contributed by atoms with E-state index in [0.29, 0.717) is 6.42 Å². The van der Waals surface area contributed by atoms with E-state index in [1.54, 1.807) is 6.08 Å². The van der Waals surface area contributed by atoms with Crippen molar-refractivity contribution in [2.75, 3.05) is 7.11 Å². The lowest BCUT2D eigenvalue weighted by molar-refractivity contribution is -0.134. The quantitative estimate of drug-likeness (QED) is 0.262. The third kappa shape index (κ3) is 6.99. The van der Waals surface area contributed by atoms with E-state index < -0.39 is 0 Å². The lowest BCUT2D eigenvalue weighted by Gasteiger charge is -1.91. The van der Waals surface area contributed by atoms with E-state index in [1.807, 2.05) is 0 Å². The van der Waals surface area contributed by atoms with Crippen LogP contribution in [0.2, 0.25) is 0 Å². The van der Waals surface area contributed by atoms with Crippen molar-refractivity contribution < 1.29 is 14.3 Å². The number of methoxy groups -OCH3 is 1. The summed E-state index contributed by atoms with van der Waals surface area (Å²) >= 11 is 0. The van der Waals surface area contributed by atoms with Gasteiger partial charge >= 0.3 is 5.97 Å². The van der Waals surface area contributed by atoms with Crippen LogP contribution in [0.25, 0.3) is 0 Å². The molecule has 0 aromatic carbocycles. The fourth-order valence-corrected chi connectivity index (χ4v) is 0.737. The molecule has 0 radical (unpaired) electrons. The largest absolute Gasteiger partial charge is 0.466 e. The summed E-state index contributed by atoms with van der Waals surface area (Å²) in [4.78, 5) is 20.4. The smallest absolute Gasteiger partial charge is 0.330 e. The molecule has 0 heterocycles. The minimum Gasteiger partial charge on any atom is -0.466 e. The number of rotatable bonds is 6. The maximum Gasteiger partial charge on any atom is 0.330 e. The maximum atomic E-state index is 10.5. The van der Waals surface area contributed by atoms with Crippen LogP contribution in [0.15, 0.2) is 12.2 Å². The Morgan fingerprint density at radius 2 is 2.00 bits per heavy atom. The van der Waals surface area contributed by atoms with E-state index in [0.717, 1.165) is 25.5 Å². The molecular formula is C9H14O3. The average Bonchev–Trinajstić information content (AvgIpc) is 2.10. The Morgan fingerprint density at radius 3 is 2.58 bits per heavy atom. The predicted molar refractivity (Wildman–Crippen MR) is 45.7 cm³/mol. The first kappa shape index (κ1) is 10.9. The predicted octanol–water partition coefficient (Wildman–Crippen LogP) is 1.47. The summed E-state index contributed by atoms with van der Waals surface area (Å²) in [6.45, 7) is 0. The van der Waals surface area contributed by atoms with Gasteiger partial charge in [0.15, 0.2) is 0 Å². The lowest BCUT2D eigenvalue weighted by atomic mass is 10.2. The molecule has 0 amide bonds. The summed E-state index contributed by atoms with van der Waals surface area (Å²) in [5.74, 6) is -0.328. The van der Waals surface area contributed by atoms with Crippen molar-refractivity contribution in [2.45, 2.75) is 25.7 Å². The van der Waals surface area contributed by atoms with Gasteiger partial charge < -0.3 is 9.53 Å². The molecule has 0 spiro atoms. The third-order valence-electron chi connectivity index (χ3n) is 1.40. The molecule has 0 N–H and O–H groups in total. The molecule has 0 aromatic rings. The Balaban J connectivity index is 3.24. The van der Waals surface area contributed by atoms with Crippen LogP contribution in [-0.4, -0.2) is 19.4 Å². The van der Waals surface area contributed by atoms with Crippen LogP contribution >= 0.6 is 0 Å². The number of hydrogen-bond acceptors (Lipinski definition) is 3. The Labute approximate surface area is 72.4 Å². The first-order chi connectivity index (χ1) is 5.81. The molecule has 0 bridgehead atoms. The highest BCUT2D eigenvalue weighted by atomic mass is 16.5. The molecule has 0 aliphatic rings. The normalized spacial score (nSPS) is 10.1. The van der Waals surface area contributed by atoms with Crippen LogP contribution in [0.5, 0.6) is 0 Å². The van der Waals surface area contributed by atoms with E-state index in [2.05, 4.69) is 4.74 Å². The van der Waals surface area contributed by atoms with Crippen LogP contribution in [-0.2, 0) is 14.3 Å². The number of carbonyl (C=O) groups excluding carboxylic acids is 2. The minimum atomic E-state index is -0.328. The van der Waals surface area contributed by atoms with Crippen LogP contribution < -0.4 is 0 Å². The fourth-order valence-electron chi connectivity index (χ4n) is 0.737. The molecule has 0 rings (SSSR count). The second-order valence-corrected chi connectivity index (χ2v) is 2.38. The van der Waals surface area contributed by atoms with Gasteiger partial charge in [0.2, 0.25) is 0 Å². The number of esters is 1. The molecule has 3 nitrogen and oxygen atoms in total. The van der Waals surface area contributed by atoms with Crippen molar-refractivity contribution in [1.29, 1.82) is 0 Å². The molecule has 0 saturated carbocycles. The Bertz CT molecular complexity index is 161. The van der Waals surface area contributed by atoms with Gasteiger partial charge in [-0.25, -0.2) is 4.79 Å². The van der Waals surface area contributed by atoms with Crippen molar-refractivity contribution in [2.24, 2.45) is 0 Å². The van der Waals surface area contributed by atoms with E-state index >= 15 is 0 Å². The van der Waals surface area contributed by atoms with Crippen molar-refractivity contribution in [1.82, 2.24) is 0 Å². The average molecular weight is 170 g/mol. The highest BCUT2D eigenvalue weighted by Crippen LogP contribution is 1.98.